The van der Waals surface area contributed by atoms with Crippen molar-refractivity contribution >= 4 is 17.4 Å². The average Bonchev–Trinajstić information content (AvgIpc) is 2.72. The third-order valence-corrected chi connectivity index (χ3v) is 5.24. The minimum Gasteiger partial charge on any atom is -0.445 e. The molecule has 0 spiro atoms. The molecule has 1 amide bonds. The number of nitro groups is 1. The number of hydrogen-bond donors (Lipinski definition) is 1. The Morgan fingerprint density at radius 1 is 1.31 bits per heavy atom. The molecule has 7 heteroatoms. The zero-order valence-electron chi connectivity index (χ0n) is 16.6. The fourth-order valence-electron chi connectivity index (χ4n) is 3.60. The van der Waals surface area contributed by atoms with Crippen LogP contribution in [0.3, 0.4) is 0 Å². The summed E-state index contributed by atoms with van der Waals surface area (Å²) in [6, 6.07) is 10.9. The lowest BCUT2D eigenvalue weighted by molar-refractivity contribution is -0.385. The fourth-order valence-corrected chi connectivity index (χ4v) is 3.60. The number of hydrogen-bond acceptors (Lipinski definition) is 5. The second kappa shape index (κ2) is 9.32. The van der Waals surface area contributed by atoms with Gasteiger partial charge in [-0.25, -0.2) is 4.79 Å². The van der Waals surface area contributed by atoms with Crippen LogP contribution in [0.25, 0.3) is 5.57 Å². The number of carbonyl (C=O) groups is 1. The van der Waals surface area contributed by atoms with E-state index in [-0.39, 0.29) is 18.3 Å². The van der Waals surface area contributed by atoms with E-state index in [1.54, 1.807) is 12.3 Å². The Morgan fingerprint density at radius 2 is 2.07 bits per heavy atom. The Labute approximate surface area is 170 Å². The second-order valence-corrected chi connectivity index (χ2v) is 7.60. The van der Waals surface area contributed by atoms with Gasteiger partial charge in [0.1, 0.15) is 12.8 Å². The summed E-state index contributed by atoms with van der Waals surface area (Å²) in [5.74, 6) is 0.673. The van der Waals surface area contributed by atoms with Crippen molar-refractivity contribution in [2.45, 2.75) is 39.3 Å². The Balaban J connectivity index is 1.76. The van der Waals surface area contributed by atoms with E-state index in [1.807, 2.05) is 36.4 Å². The highest BCUT2D eigenvalue weighted by Gasteiger charge is 2.29. The largest absolute Gasteiger partial charge is 0.445 e. The zero-order valence-corrected chi connectivity index (χ0v) is 16.6. The summed E-state index contributed by atoms with van der Waals surface area (Å²) >= 11 is 0. The van der Waals surface area contributed by atoms with E-state index in [9.17, 15) is 14.9 Å². The van der Waals surface area contributed by atoms with E-state index >= 15 is 0 Å². The monoisotopic (exact) mass is 395 g/mol. The third kappa shape index (κ3) is 5.40. The van der Waals surface area contributed by atoms with Gasteiger partial charge in [-0.15, -0.1) is 0 Å². The van der Waals surface area contributed by atoms with Crippen LogP contribution in [0, 0.1) is 22.0 Å². The Hall–Kier alpha value is -3.22. The second-order valence-electron chi connectivity index (χ2n) is 7.60. The van der Waals surface area contributed by atoms with Gasteiger partial charge in [-0.05, 0) is 41.9 Å². The first-order chi connectivity index (χ1) is 13.9. The molecule has 0 bridgehead atoms. The molecule has 0 fully saturated rings. The molecule has 152 valence electrons. The molecule has 2 atom stereocenters. The molecule has 1 aromatic carbocycles. The minimum absolute atomic E-state index is 0.0199. The number of nitrogens with zero attached hydrogens (tertiary/aromatic N) is 2. The average molecular weight is 395 g/mol. The van der Waals surface area contributed by atoms with Gasteiger partial charge in [-0.3, -0.25) is 15.1 Å². The van der Waals surface area contributed by atoms with E-state index in [0.717, 1.165) is 24.0 Å². The Kier molecular flexibility index (Phi) is 6.59. The van der Waals surface area contributed by atoms with Crippen molar-refractivity contribution in [1.82, 2.24) is 10.3 Å². The number of allylic oxidation sites excluding steroid dienone is 1. The van der Waals surface area contributed by atoms with Crippen molar-refractivity contribution in [3.63, 3.8) is 0 Å². The van der Waals surface area contributed by atoms with Crippen LogP contribution in [-0.4, -0.2) is 22.0 Å². The van der Waals surface area contributed by atoms with Crippen LogP contribution in [0.4, 0.5) is 10.5 Å². The fraction of sp³-hybridized carbons (Fsp3) is 0.364. The van der Waals surface area contributed by atoms with E-state index in [2.05, 4.69) is 24.1 Å². The van der Waals surface area contributed by atoms with E-state index < -0.39 is 11.0 Å². The number of pyridine rings is 1. The van der Waals surface area contributed by atoms with Crippen molar-refractivity contribution in [1.29, 1.82) is 0 Å². The third-order valence-electron chi connectivity index (χ3n) is 5.24. The number of ether oxygens (including phenoxy) is 1. The highest BCUT2D eigenvalue weighted by Crippen LogP contribution is 2.37. The van der Waals surface area contributed by atoms with Gasteiger partial charge in [0, 0.05) is 6.20 Å². The topological polar surface area (TPSA) is 94.4 Å². The molecule has 3 rings (SSSR count). The Bertz CT molecular complexity index is 896. The molecule has 2 aromatic rings. The van der Waals surface area contributed by atoms with E-state index in [4.69, 9.17) is 4.74 Å². The standard InChI is InChI=1S/C22H25N3O4/c1-15(2)17-10-18(20-8-9-23-13-21(20)25(27)28)12-19(11-17)24-22(26)29-14-16-6-4-3-5-7-16/h3-9,12-13,15,17,19H,10-11,14H2,1-2H3,(H,24,26). The van der Waals surface area contributed by atoms with Gasteiger partial charge in [0.15, 0.2) is 0 Å². The van der Waals surface area contributed by atoms with Crippen molar-refractivity contribution in [3.8, 4) is 0 Å². The quantitative estimate of drug-likeness (QED) is 0.563. The number of rotatable bonds is 6. The molecule has 0 radical (unpaired) electrons. The van der Waals surface area contributed by atoms with Gasteiger partial charge in [0.05, 0.1) is 16.5 Å². The molecule has 0 aliphatic heterocycles. The van der Waals surface area contributed by atoms with Crippen molar-refractivity contribution in [2.75, 3.05) is 0 Å². The number of amides is 1. The molecule has 0 saturated heterocycles. The molecule has 1 aliphatic rings. The molecule has 7 nitrogen and oxygen atoms in total. The first kappa shape index (κ1) is 20.5. The number of nitrogens with one attached hydrogen (secondary N) is 1. The predicted octanol–water partition coefficient (Wildman–Crippen LogP) is 4.73. The lowest BCUT2D eigenvalue weighted by Crippen LogP contribution is -2.38. The smallest absolute Gasteiger partial charge is 0.407 e. The van der Waals surface area contributed by atoms with Gasteiger partial charge in [0.2, 0.25) is 0 Å². The maximum atomic E-state index is 12.3. The molecule has 2 unspecified atom stereocenters. The van der Waals surface area contributed by atoms with Crippen LogP contribution in [0.5, 0.6) is 0 Å². The molecular weight excluding hydrogens is 370 g/mol. The molecule has 0 saturated carbocycles. The van der Waals surface area contributed by atoms with Gasteiger partial charge >= 0.3 is 6.09 Å². The van der Waals surface area contributed by atoms with E-state index in [0.29, 0.717) is 17.4 Å². The maximum Gasteiger partial charge on any atom is 0.407 e. The van der Waals surface area contributed by atoms with Gasteiger partial charge in [0.25, 0.3) is 5.69 Å². The highest BCUT2D eigenvalue weighted by atomic mass is 16.6. The summed E-state index contributed by atoms with van der Waals surface area (Å²) in [5, 5.41) is 14.3. The SMILES string of the molecule is CC(C)C1CC(c2ccncc2[N+](=O)[O-])=CC(NC(=O)OCc2ccccc2)C1. The van der Waals surface area contributed by atoms with Crippen LogP contribution in [0.2, 0.25) is 0 Å². The van der Waals surface area contributed by atoms with Crippen LogP contribution >= 0.6 is 0 Å². The normalized spacial score (nSPS) is 18.8. The number of benzene rings is 1. The Morgan fingerprint density at radius 3 is 2.76 bits per heavy atom. The summed E-state index contributed by atoms with van der Waals surface area (Å²) in [4.78, 5) is 27.2. The first-order valence-electron chi connectivity index (χ1n) is 9.70. The molecule has 1 N–H and O–H groups in total. The van der Waals surface area contributed by atoms with Crippen LogP contribution in [0.15, 0.2) is 54.9 Å². The summed E-state index contributed by atoms with van der Waals surface area (Å²) < 4.78 is 5.33. The van der Waals surface area contributed by atoms with Gasteiger partial charge < -0.3 is 10.1 Å². The van der Waals surface area contributed by atoms with Gasteiger partial charge in [-0.2, -0.15) is 0 Å². The first-order valence-corrected chi connectivity index (χ1v) is 9.70. The van der Waals surface area contributed by atoms with E-state index in [1.165, 1.54) is 6.20 Å². The predicted molar refractivity (Wildman–Crippen MR) is 110 cm³/mol. The molecule has 1 aromatic heterocycles. The minimum atomic E-state index is -0.497. The summed E-state index contributed by atoms with van der Waals surface area (Å²) in [6.45, 7) is 4.44. The van der Waals surface area contributed by atoms with Crippen molar-refractivity contribution in [2.24, 2.45) is 11.8 Å². The molecular formula is C22H25N3O4. The van der Waals surface area contributed by atoms with Crippen molar-refractivity contribution in [3.05, 3.63) is 76.1 Å². The lowest BCUT2D eigenvalue weighted by Gasteiger charge is -2.31. The summed E-state index contributed by atoms with van der Waals surface area (Å²) in [6.07, 6.45) is 5.72. The molecule has 1 aliphatic carbocycles. The zero-order chi connectivity index (χ0) is 20.8. The summed E-state index contributed by atoms with van der Waals surface area (Å²) in [5.41, 5.74) is 2.31. The number of carbonyl (C=O) groups excluding carboxylic acids is 1. The van der Waals surface area contributed by atoms with Crippen molar-refractivity contribution < 1.29 is 14.5 Å². The molecule has 1 heterocycles. The van der Waals surface area contributed by atoms with Crippen LogP contribution in [-0.2, 0) is 11.3 Å². The van der Waals surface area contributed by atoms with Crippen LogP contribution < -0.4 is 5.32 Å². The number of alkyl carbamates (subject to hydrolysis) is 1. The highest BCUT2D eigenvalue weighted by molar-refractivity contribution is 5.75. The number of aromatic nitrogens is 1. The lowest BCUT2D eigenvalue weighted by atomic mass is 9.77. The van der Waals surface area contributed by atoms with Gasteiger partial charge in [-0.1, -0.05) is 50.3 Å². The molecule has 29 heavy (non-hydrogen) atoms. The van der Waals surface area contributed by atoms with Crippen LogP contribution in [0.1, 0.15) is 37.8 Å². The summed E-state index contributed by atoms with van der Waals surface area (Å²) in [7, 11) is 0. The maximum absolute atomic E-state index is 12.3.